The third kappa shape index (κ3) is 3.44. The second kappa shape index (κ2) is 6.77. The molecule has 0 radical (unpaired) electrons. The van der Waals surface area contributed by atoms with Gasteiger partial charge in [-0.3, -0.25) is 0 Å². The Morgan fingerprint density at radius 3 is 2.45 bits per heavy atom. The highest BCUT2D eigenvalue weighted by molar-refractivity contribution is 6.36. The first-order valence-corrected chi connectivity index (χ1v) is 7.24. The van der Waals surface area contributed by atoms with Gasteiger partial charge in [-0.15, -0.1) is 0 Å². The molecule has 1 nitrogen and oxygen atoms in total. The topological polar surface area (TPSA) is 12.0 Å². The smallest absolute Gasteiger partial charge is 0.142 e. The quantitative estimate of drug-likeness (QED) is 0.715. The van der Waals surface area contributed by atoms with Gasteiger partial charge in [-0.1, -0.05) is 53.0 Å². The third-order valence-corrected chi connectivity index (χ3v) is 4.15. The molecule has 1 atom stereocenters. The van der Waals surface area contributed by atoms with Crippen LogP contribution in [-0.2, 0) is 6.54 Å². The molecule has 1 N–H and O–H groups in total. The van der Waals surface area contributed by atoms with Gasteiger partial charge in [-0.25, -0.2) is 4.39 Å². The van der Waals surface area contributed by atoms with Crippen LogP contribution in [0, 0.1) is 5.82 Å². The lowest BCUT2D eigenvalue weighted by molar-refractivity contribution is 0.565. The number of benzene rings is 2. The van der Waals surface area contributed by atoms with E-state index in [9.17, 15) is 4.39 Å². The molecule has 0 bridgehead atoms. The lowest BCUT2D eigenvalue weighted by Crippen LogP contribution is -2.19. The predicted molar refractivity (Wildman–Crippen MR) is 83.1 cm³/mol. The van der Waals surface area contributed by atoms with E-state index in [2.05, 4.69) is 5.32 Å². The summed E-state index contributed by atoms with van der Waals surface area (Å²) in [7, 11) is 0. The zero-order chi connectivity index (χ0) is 14.7. The van der Waals surface area contributed by atoms with Gasteiger partial charge in [-0.05, 0) is 30.7 Å². The van der Waals surface area contributed by atoms with Crippen molar-refractivity contribution in [3.63, 3.8) is 0 Å². The highest BCUT2D eigenvalue weighted by Crippen LogP contribution is 2.32. The van der Waals surface area contributed by atoms with Crippen LogP contribution >= 0.6 is 34.8 Å². The Labute approximate surface area is 132 Å². The summed E-state index contributed by atoms with van der Waals surface area (Å²) in [6.45, 7) is 2.42. The van der Waals surface area contributed by atoms with Crippen molar-refractivity contribution in [1.82, 2.24) is 5.32 Å². The summed E-state index contributed by atoms with van der Waals surface area (Å²) in [5.41, 5.74) is 1.52. The molecule has 20 heavy (non-hydrogen) atoms. The largest absolute Gasteiger partial charge is 0.306 e. The number of hydrogen-bond donors (Lipinski definition) is 1. The minimum Gasteiger partial charge on any atom is -0.306 e. The number of hydrogen-bond acceptors (Lipinski definition) is 1. The molecule has 5 heteroatoms. The molecule has 0 saturated heterocycles. The highest BCUT2D eigenvalue weighted by Gasteiger charge is 2.16. The van der Waals surface area contributed by atoms with Gasteiger partial charge < -0.3 is 5.32 Å². The van der Waals surface area contributed by atoms with Crippen molar-refractivity contribution in [2.24, 2.45) is 0 Å². The first kappa shape index (κ1) is 15.6. The minimum atomic E-state index is -0.475. The summed E-state index contributed by atoms with van der Waals surface area (Å²) in [5.74, 6) is -0.475. The fourth-order valence-corrected chi connectivity index (χ4v) is 2.85. The molecule has 2 aromatic rings. The normalized spacial score (nSPS) is 12.4. The van der Waals surface area contributed by atoms with Crippen molar-refractivity contribution >= 4 is 34.8 Å². The molecule has 106 valence electrons. The molecule has 0 aliphatic heterocycles. The number of nitrogens with one attached hydrogen (secondary N) is 1. The lowest BCUT2D eigenvalue weighted by atomic mass is 10.1. The van der Waals surface area contributed by atoms with Crippen molar-refractivity contribution in [3.05, 3.63) is 68.4 Å². The van der Waals surface area contributed by atoms with E-state index in [4.69, 9.17) is 34.8 Å². The van der Waals surface area contributed by atoms with Crippen LogP contribution in [-0.4, -0.2) is 0 Å². The van der Waals surface area contributed by atoms with Crippen LogP contribution in [0.5, 0.6) is 0 Å². The average Bonchev–Trinajstić information content (AvgIpc) is 2.42. The van der Waals surface area contributed by atoms with E-state index in [1.165, 1.54) is 12.1 Å². The number of halogens is 4. The Kier molecular flexibility index (Phi) is 5.28. The highest BCUT2D eigenvalue weighted by atomic mass is 35.5. The molecule has 1 unspecified atom stereocenters. The molecular weight excluding hydrogens is 320 g/mol. The summed E-state index contributed by atoms with van der Waals surface area (Å²) >= 11 is 18.2. The van der Waals surface area contributed by atoms with E-state index in [1.807, 2.05) is 31.2 Å². The van der Waals surface area contributed by atoms with Gasteiger partial charge in [0.1, 0.15) is 5.82 Å². The van der Waals surface area contributed by atoms with Crippen molar-refractivity contribution < 1.29 is 4.39 Å². The first-order valence-electron chi connectivity index (χ1n) is 6.11. The monoisotopic (exact) mass is 331 g/mol. The van der Waals surface area contributed by atoms with Gasteiger partial charge in [-0.2, -0.15) is 0 Å². The van der Waals surface area contributed by atoms with Crippen molar-refractivity contribution in [2.75, 3.05) is 0 Å². The van der Waals surface area contributed by atoms with Crippen LogP contribution in [0.3, 0.4) is 0 Å². The Morgan fingerprint density at radius 2 is 1.75 bits per heavy atom. The molecular formula is C15H13Cl3FN. The molecule has 0 aromatic heterocycles. The van der Waals surface area contributed by atoms with Gasteiger partial charge in [0.2, 0.25) is 0 Å². The fourth-order valence-electron chi connectivity index (χ4n) is 1.95. The summed E-state index contributed by atoms with van der Waals surface area (Å²) in [4.78, 5) is 0. The first-order chi connectivity index (χ1) is 9.50. The average molecular weight is 333 g/mol. The fraction of sp³-hybridized carbons (Fsp3) is 0.200. The van der Waals surface area contributed by atoms with E-state index in [0.29, 0.717) is 22.2 Å². The van der Waals surface area contributed by atoms with Gasteiger partial charge in [0, 0.05) is 28.2 Å². The molecule has 0 fully saturated rings. The summed E-state index contributed by atoms with van der Waals surface area (Å²) in [6, 6.07) is 10.1. The molecule has 0 saturated carbocycles. The van der Waals surface area contributed by atoms with Crippen molar-refractivity contribution in [3.8, 4) is 0 Å². The van der Waals surface area contributed by atoms with Crippen LogP contribution in [0.4, 0.5) is 4.39 Å². The van der Waals surface area contributed by atoms with E-state index in [1.54, 1.807) is 0 Å². The van der Waals surface area contributed by atoms with Gasteiger partial charge >= 0.3 is 0 Å². The molecule has 0 spiro atoms. The second-order valence-corrected chi connectivity index (χ2v) is 5.64. The van der Waals surface area contributed by atoms with Crippen LogP contribution in [0.1, 0.15) is 24.1 Å². The standard InChI is InChI=1S/C15H13Cl3FN/c1-9(14-12(17)6-7-13(19)15(14)18)20-8-10-4-2-3-5-11(10)16/h2-7,9,20H,8H2,1H3. The van der Waals surface area contributed by atoms with E-state index in [-0.39, 0.29) is 11.1 Å². The van der Waals surface area contributed by atoms with E-state index < -0.39 is 5.82 Å². The maximum atomic E-state index is 13.5. The molecule has 0 heterocycles. The summed E-state index contributed by atoms with van der Waals surface area (Å²) in [5, 5.41) is 4.42. The van der Waals surface area contributed by atoms with Crippen LogP contribution < -0.4 is 5.32 Å². The minimum absolute atomic E-state index is 0.0525. The maximum Gasteiger partial charge on any atom is 0.142 e. The zero-order valence-corrected chi connectivity index (χ0v) is 13.0. The molecule has 2 aromatic carbocycles. The second-order valence-electron chi connectivity index (χ2n) is 4.45. The van der Waals surface area contributed by atoms with Gasteiger partial charge in [0.05, 0.1) is 5.02 Å². The van der Waals surface area contributed by atoms with Gasteiger partial charge in [0.15, 0.2) is 0 Å². The molecule has 0 aliphatic rings. The summed E-state index contributed by atoms with van der Waals surface area (Å²) in [6.07, 6.45) is 0. The Balaban J connectivity index is 2.15. The Bertz CT molecular complexity index is 616. The van der Waals surface area contributed by atoms with Crippen molar-refractivity contribution in [1.29, 1.82) is 0 Å². The Morgan fingerprint density at radius 1 is 1.05 bits per heavy atom. The van der Waals surface area contributed by atoms with Crippen LogP contribution in [0.2, 0.25) is 15.1 Å². The molecule has 2 rings (SSSR count). The molecule has 0 aliphatic carbocycles. The SMILES string of the molecule is CC(NCc1ccccc1Cl)c1c(Cl)ccc(F)c1Cl. The lowest BCUT2D eigenvalue weighted by Gasteiger charge is -2.18. The number of rotatable bonds is 4. The maximum absolute atomic E-state index is 13.5. The predicted octanol–water partition coefficient (Wildman–Crippen LogP) is 5.64. The van der Waals surface area contributed by atoms with Crippen LogP contribution in [0.25, 0.3) is 0 Å². The van der Waals surface area contributed by atoms with Crippen LogP contribution in [0.15, 0.2) is 36.4 Å². The van der Waals surface area contributed by atoms with Gasteiger partial charge in [0.25, 0.3) is 0 Å². The van der Waals surface area contributed by atoms with E-state index in [0.717, 1.165) is 5.56 Å². The molecule has 0 amide bonds. The Hall–Kier alpha value is -0.800. The summed E-state index contributed by atoms with van der Waals surface area (Å²) < 4.78 is 13.5. The zero-order valence-electron chi connectivity index (χ0n) is 10.8. The van der Waals surface area contributed by atoms with Crippen molar-refractivity contribution in [2.45, 2.75) is 19.5 Å². The third-order valence-electron chi connectivity index (χ3n) is 3.07. The van der Waals surface area contributed by atoms with E-state index >= 15 is 0 Å².